The molecule has 7 rings (SSSR count). The molecular formula is C31H28N4O4S. The third-order valence-corrected chi connectivity index (χ3v) is 8.58. The number of nitrogens with one attached hydrogen (secondary N) is 1. The molecule has 9 heteroatoms. The Morgan fingerprint density at radius 1 is 1.02 bits per heavy atom. The zero-order valence-corrected chi connectivity index (χ0v) is 22.8. The van der Waals surface area contributed by atoms with Crippen molar-refractivity contribution >= 4 is 29.4 Å². The zero-order valence-electron chi connectivity index (χ0n) is 22.0. The lowest BCUT2D eigenvalue weighted by Gasteiger charge is -2.23. The molecule has 202 valence electrons. The Bertz CT molecular complexity index is 1620. The summed E-state index contributed by atoms with van der Waals surface area (Å²) in [6, 6.07) is 24.2. The molecular weight excluding hydrogens is 524 g/mol. The predicted octanol–water partition coefficient (Wildman–Crippen LogP) is 5.02. The number of benzene rings is 3. The number of aryl methyl sites for hydroxylation is 1. The van der Waals surface area contributed by atoms with E-state index in [4.69, 9.17) is 14.6 Å². The van der Waals surface area contributed by atoms with Gasteiger partial charge in [-0.15, -0.1) is 11.8 Å². The van der Waals surface area contributed by atoms with Crippen LogP contribution in [0.3, 0.4) is 0 Å². The average molecular weight is 553 g/mol. The molecule has 4 aromatic rings. The highest BCUT2D eigenvalue weighted by Gasteiger charge is 2.38. The van der Waals surface area contributed by atoms with Crippen LogP contribution in [0.15, 0.2) is 72.8 Å². The molecule has 1 N–H and O–H groups in total. The van der Waals surface area contributed by atoms with Crippen LogP contribution in [0, 0.1) is 6.92 Å². The number of anilines is 1. The van der Waals surface area contributed by atoms with Crippen LogP contribution in [-0.2, 0) is 9.59 Å². The van der Waals surface area contributed by atoms with Crippen molar-refractivity contribution in [2.75, 3.05) is 24.0 Å². The van der Waals surface area contributed by atoms with Crippen LogP contribution in [0.1, 0.15) is 34.8 Å². The molecule has 40 heavy (non-hydrogen) atoms. The maximum absolute atomic E-state index is 13.8. The van der Waals surface area contributed by atoms with Crippen molar-refractivity contribution in [3.63, 3.8) is 0 Å². The summed E-state index contributed by atoms with van der Waals surface area (Å²) in [7, 11) is 0. The van der Waals surface area contributed by atoms with E-state index < -0.39 is 0 Å². The van der Waals surface area contributed by atoms with Gasteiger partial charge in [-0.25, -0.2) is 4.68 Å². The summed E-state index contributed by atoms with van der Waals surface area (Å²) < 4.78 is 13.1. The van der Waals surface area contributed by atoms with E-state index in [-0.39, 0.29) is 42.2 Å². The summed E-state index contributed by atoms with van der Waals surface area (Å²) >= 11 is 1.54. The highest BCUT2D eigenvalue weighted by molar-refractivity contribution is 8.00. The van der Waals surface area contributed by atoms with Crippen LogP contribution in [0.25, 0.3) is 16.9 Å². The van der Waals surface area contributed by atoms with Gasteiger partial charge in [-0.05, 0) is 55.2 Å². The first kappa shape index (κ1) is 24.8. The quantitative estimate of drug-likeness (QED) is 0.361. The van der Waals surface area contributed by atoms with E-state index in [2.05, 4.69) is 5.32 Å². The monoisotopic (exact) mass is 552 g/mol. The molecule has 3 aliphatic rings. The van der Waals surface area contributed by atoms with E-state index in [1.54, 1.807) is 4.90 Å². The van der Waals surface area contributed by atoms with Gasteiger partial charge in [0.25, 0.3) is 0 Å². The third kappa shape index (κ3) is 4.60. The Balaban J connectivity index is 1.46. The van der Waals surface area contributed by atoms with Crippen LogP contribution in [0.5, 0.6) is 11.5 Å². The fraction of sp³-hybridized carbons (Fsp3) is 0.258. The summed E-state index contributed by atoms with van der Waals surface area (Å²) in [5.74, 6) is 1.93. The second-order valence-corrected chi connectivity index (χ2v) is 11.4. The lowest BCUT2D eigenvalue weighted by atomic mass is 9.99. The standard InChI is InChI=1S/C31H28N4O4S/c1-19-6-5-9-23(14-19)35-31-28(29(33-35)20-7-3-2-4-8-20)30(21-10-13-24-25(15-21)39-18-38-24)40-17-27(37)34(31)16-26(36)32-22-11-12-22/h2-10,13-15,22,30H,11-12,16-18H2,1H3,(H,32,36). The fourth-order valence-corrected chi connectivity index (χ4v) is 6.44. The van der Waals surface area contributed by atoms with Gasteiger partial charge >= 0.3 is 0 Å². The van der Waals surface area contributed by atoms with Gasteiger partial charge < -0.3 is 14.8 Å². The molecule has 0 saturated heterocycles. The number of aromatic nitrogens is 2. The molecule has 1 atom stereocenters. The smallest absolute Gasteiger partial charge is 0.240 e. The average Bonchev–Trinajstić information content (AvgIpc) is 3.54. The first-order valence-electron chi connectivity index (χ1n) is 13.4. The Hall–Kier alpha value is -4.24. The molecule has 3 heterocycles. The van der Waals surface area contributed by atoms with Gasteiger partial charge in [-0.1, -0.05) is 48.5 Å². The van der Waals surface area contributed by atoms with Gasteiger partial charge in [-0.2, -0.15) is 5.10 Å². The van der Waals surface area contributed by atoms with Crippen LogP contribution >= 0.6 is 11.8 Å². The summed E-state index contributed by atoms with van der Waals surface area (Å²) in [4.78, 5) is 28.5. The van der Waals surface area contributed by atoms with E-state index >= 15 is 0 Å². The largest absolute Gasteiger partial charge is 0.454 e. The highest BCUT2D eigenvalue weighted by atomic mass is 32.2. The van der Waals surface area contributed by atoms with Gasteiger partial charge in [0.05, 0.1) is 22.4 Å². The first-order chi connectivity index (χ1) is 19.5. The van der Waals surface area contributed by atoms with E-state index in [0.29, 0.717) is 17.3 Å². The van der Waals surface area contributed by atoms with Crippen molar-refractivity contribution in [2.24, 2.45) is 0 Å². The number of amides is 2. The van der Waals surface area contributed by atoms with Crippen molar-refractivity contribution in [1.29, 1.82) is 0 Å². The molecule has 1 saturated carbocycles. The molecule has 2 amide bonds. The van der Waals surface area contributed by atoms with Gasteiger partial charge in [0.2, 0.25) is 18.6 Å². The van der Waals surface area contributed by atoms with Crippen molar-refractivity contribution < 1.29 is 19.1 Å². The molecule has 8 nitrogen and oxygen atoms in total. The second kappa shape index (κ2) is 10.1. The van der Waals surface area contributed by atoms with Crippen LogP contribution < -0.4 is 19.7 Å². The number of rotatable bonds is 6. The number of hydrogen-bond donors (Lipinski definition) is 1. The van der Waals surface area contributed by atoms with Gasteiger partial charge in [0, 0.05) is 17.2 Å². The van der Waals surface area contributed by atoms with Crippen LogP contribution in [-0.4, -0.2) is 46.7 Å². The summed E-state index contributed by atoms with van der Waals surface area (Å²) in [6.45, 7) is 2.15. The molecule has 0 spiro atoms. The Kier molecular flexibility index (Phi) is 6.23. The third-order valence-electron chi connectivity index (χ3n) is 7.33. The zero-order chi connectivity index (χ0) is 27.2. The number of ether oxygens (including phenoxy) is 2. The lowest BCUT2D eigenvalue weighted by Crippen LogP contribution is -2.43. The Morgan fingerprint density at radius 2 is 1.85 bits per heavy atom. The first-order valence-corrected chi connectivity index (χ1v) is 14.5. The number of hydrogen-bond acceptors (Lipinski definition) is 6. The van der Waals surface area contributed by atoms with Gasteiger partial charge in [0.1, 0.15) is 12.4 Å². The SMILES string of the molecule is Cc1cccc(-n2nc(-c3ccccc3)c3c2N(CC(=O)NC2CC2)C(=O)CSC3c2ccc3c(c2)OCO3)c1. The van der Waals surface area contributed by atoms with E-state index in [0.717, 1.165) is 46.5 Å². The van der Waals surface area contributed by atoms with Crippen molar-refractivity contribution in [2.45, 2.75) is 31.1 Å². The van der Waals surface area contributed by atoms with Gasteiger partial charge in [0.15, 0.2) is 11.5 Å². The second-order valence-electron chi connectivity index (χ2n) is 10.3. The molecule has 2 aliphatic heterocycles. The highest BCUT2D eigenvalue weighted by Crippen LogP contribution is 2.50. The molecule has 3 aromatic carbocycles. The fourth-order valence-electron chi connectivity index (χ4n) is 5.25. The molecule has 0 radical (unpaired) electrons. The Labute approximate surface area is 236 Å². The number of carbonyl (C=O) groups is 2. The number of fused-ring (bicyclic) bond motifs is 2. The minimum Gasteiger partial charge on any atom is -0.454 e. The number of thioether (sulfide) groups is 1. The van der Waals surface area contributed by atoms with E-state index in [1.165, 1.54) is 11.8 Å². The minimum atomic E-state index is -0.237. The summed E-state index contributed by atoms with van der Waals surface area (Å²) in [6.07, 6.45) is 1.96. The summed E-state index contributed by atoms with van der Waals surface area (Å²) in [5, 5.41) is 7.96. The maximum atomic E-state index is 13.8. The predicted molar refractivity (Wildman–Crippen MR) is 154 cm³/mol. The van der Waals surface area contributed by atoms with Crippen molar-refractivity contribution in [3.05, 3.63) is 89.5 Å². The minimum absolute atomic E-state index is 0.0670. The topological polar surface area (TPSA) is 85.7 Å². The van der Waals surface area contributed by atoms with Gasteiger partial charge in [-0.3, -0.25) is 14.5 Å². The normalized spacial score (nSPS) is 17.9. The number of nitrogens with zero attached hydrogens (tertiary/aromatic N) is 3. The van der Waals surface area contributed by atoms with Crippen LogP contribution in [0.2, 0.25) is 0 Å². The molecule has 1 aromatic heterocycles. The van der Waals surface area contributed by atoms with Crippen LogP contribution in [0.4, 0.5) is 5.82 Å². The molecule has 1 unspecified atom stereocenters. The summed E-state index contributed by atoms with van der Waals surface area (Å²) in [5.41, 5.74) is 5.48. The Morgan fingerprint density at radius 3 is 2.65 bits per heavy atom. The molecule has 0 bridgehead atoms. The van der Waals surface area contributed by atoms with E-state index in [9.17, 15) is 9.59 Å². The molecule has 1 aliphatic carbocycles. The lowest BCUT2D eigenvalue weighted by molar-refractivity contribution is -0.123. The van der Waals surface area contributed by atoms with E-state index in [1.807, 2.05) is 84.4 Å². The molecule has 1 fully saturated rings. The van der Waals surface area contributed by atoms with Crippen molar-refractivity contribution in [1.82, 2.24) is 15.1 Å². The maximum Gasteiger partial charge on any atom is 0.240 e. The van der Waals surface area contributed by atoms with Crippen molar-refractivity contribution in [3.8, 4) is 28.4 Å². The number of carbonyl (C=O) groups excluding carboxylic acids is 2.